The largest absolute Gasteiger partial charge is 0.450 e. The normalized spacial score (nSPS) is 18.7. The predicted octanol–water partition coefficient (Wildman–Crippen LogP) is 4.49. The van der Waals surface area contributed by atoms with Crippen molar-refractivity contribution >= 4 is 56.4 Å². The average Bonchev–Trinajstić information content (AvgIpc) is 2.94. The van der Waals surface area contributed by atoms with E-state index in [1.165, 1.54) is 11.3 Å². The molecule has 1 saturated carbocycles. The Morgan fingerprint density at radius 1 is 1.35 bits per heavy atom. The van der Waals surface area contributed by atoms with Gasteiger partial charge in [-0.1, -0.05) is 29.3 Å². The van der Waals surface area contributed by atoms with Crippen molar-refractivity contribution in [1.82, 2.24) is 0 Å². The Balaban J connectivity index is 1.91. The molecule has 1 fully saturated rings. The lowest BCUT2D eigenvalue weighted by Crippen LogP contribution is -2.21. The fraction of sp³-hybridized carbons (Fsp3) is 0.286. The molecule has 0 amide bonds. The summed E-state index contributed by atoms with van der Waals surface area (Å²) in [4.78, 5) is 24.0. The van der Waals surface area contributed by atoms with Gasteiger partial charge in [0.05, 0.1) is 5.02 Å². The van der Waals surface area contributed by atoms with Crippen molar-refractivity contribution in [3.63, 3.8) is 0 Å². The molecule has 1 aromatic carbocycles. The van der Waals surface area contributed by atoms with Crippen molar-refractivity contribution in [2.45, 2.75) is 25.4 Å². The first kappa shape index (κ1) is 13.9. The number of carbonyl (C=O) groups excluding carboxylic acids is 2. The van der Waals surface area contributed by atoms with Gasteiger partial charge in [-0.15, -0.1) is 11.3 Å². The van der Waals surface area contributed by atoms with Crippen molar-refractivity contribution in [2.75, 3.05) is 0 Å². The third-order valence-electron chi connectivity index (χ3n) is 3.27. The van der Waals surface area contributed by atoms with Gasteiger partial charge in [-0.25, -0.2) is 4.79 Å². The van der Waals surface area contributed by atoms with E-state index in [4.69, 9.17) is 27.9 Å². The molecule has 1 aliphatic carbocycles. The van der Waals surface area contributed by atoms with Gasteiger partial charge in [-0.3, -0.25) is 4.79 Å². The number of esters is 1. The fourth-order valence-electron chi connectivity index (χ4n) is 2.26. The van der Waals surface area contributed by atoms with Gasteiger partial charge in [0, 0.05) is 21.5 Å². The molecule has 3 rings (SSSR count). The Morgan fingerprint density at radius 3 is 2.85 bits per heavy atom. The van der Waals surface area contributed by atoms with Crippen molar-refractivity contribution in [1.29, 1.82) is 0 Å². The minimum Gasteiger partial charge on any atom is -0.450 e. The predicted molar refractivity (Wildman–Crippen MR) is 79.9 cm³/mol. The summed E-state index contributed by atoms with van der Waals surface area (Å²) in [5.41, 5.74) is 0. The SMILES string of the molecule is O=C(O[C@@H]1CCCC1=O)c1sc2cc(Cl)ccc2c1Cl. The van der Waals surface area contributed by atoms with E-state index >= 15 is 0 Å². The molecular formula is C14H10Cl2O3S. The highest BCUT2D eigenvalue weighted by atomic mass is 35.5. The van der Waals surface area contributed by atoms with Gasteiger partial charge in [0.2, 0.25) is 0 Å². The molecule has 0 bridgehead atoms. The summed E-state index contributed by atoms with van der Waals surface area (Å²) >= 11 is 13.4. The van der Waals surface area contributed by atoms with E-state index in [0.29, 0.717) is 27.8 Å². The average molecular weight is 329 g/mol. The maximum absolute atomic E-state index is 12.1. The van der Waals surface area contributed by atoms with Crippen LogP contribution in [0.2, 0.25) is 10.0 Å². The van der Waals surface area contributed by atoms with Gasteiger partial charge in [0.15, 0.2) is 11.9 Å². The van der Waals surface area contributed by atoms with Gasteiger partial charge in [-0.05, 0) is 25.0 Å². The summed E-state index contributed by atoms with van der Waals surface area (Å²) in [5, 5.41) is 1.71. The Bertz CT molecular complexity index is 708. The van der Waals surface area contributed by atoms with Gasteiger partial charge in [-0.2, -0.15) is 0 Å². The van der Waals surface area contributed by atoms with Crippen LogP contribution in [0.5, 0.6) is 0 Å². The minimum atomic E-state index is -0.618. The Morgan fingerprint density at radius 2 is 2.15 bits per heavy atom. The molecule has 1 aliphatic rings. The fourth-order valence-corrected chi connectivity index (χ4v) is 3.93. The van der Waals surface area contributed by atoms with Gasteiger partial charge >= 0.3 is 5.97 Å². The third-order valence-corrected chi connectivity index (χ3v) is 5.15. The number of fused-ring (bicyclic) bond motifs is 1. The van der Waals surface area contributed by atoms with Crippen LogP contribution in [0, 0.1) is 0 Å². The van der Waals surface area contributed by atoms with Crippen LogP contribution in [0.4, 0.5) is 0 Å². The van der Waals surface area contributed by atoms with Crippen LogP contribution >= 0.6 is 34.5 Å². The summed E-state index contributed by atoms with van der Waals surface area (Å²) in [5.74, 6) is -0.550. The molecule has 0 N–H and O–H groups in total. The first-order valence-electron chi connectivity index (χ1n) is 6.17. The van der Waals surface area contributed by atoms with Crippen LogP contribution in [0.15, 0.2) is 18.2 Å². The molecular weight excluding hydrogens is 319 g/mol. The van der Waals surface area contributed by atoms with Crippen LogP contribution in [-0.4, -0.2) is 17.9 Å². The maximum Gasteiger partial charge on any atom is 0.350 e. The molecule has 0 unspecified atom stereocenters. The van der Waals surface area contributed by atoms with Crippen LogP contribution in [0.3, 0.4) is 0 Å². The smallest absolute Gasteiger partial charge is 0.350 e. The number of thiophene rings is 1. The highest BCUT2D eigenvalue weighted by Gasteiger charge is 2.30. The third kappa shape index (κ3) is 2.43. The van der Waals surface area contributed by atoms with Crippen molar-refractivity contribution in [2.24, 2.45) is 0 Å². The zero-order valence-electron chi connectivity index (χ0n) is 10.3. The first-order valence-corrected chi connectivity index (χ1v) is 7.75. The topological polar surface area (TPSA) is 43.4 Å². The summed E-state index contributed by atoms with van der Waals surface area (Å²) in [6.45, 7) is 0. The highest BCUT2D eigenvalue weighted by Crippen LogP contribution is 2.37. The maximum atomic E-state index is 12.1. The second kappa shape index (κ2) is 5.35. The van der Waals surface area contributed by atoms with E-state index in [1.54, 1.807) is 18.2 Å². The summed E-state index contributed by atoms with van der Waals surface area (Å²) in [6.07, 6.45) is 1.23. The lowest BCUT2D eigenvalue weighted by atomic mass is 10.2. The molecule has 1 aromatic heterocycles. The molecule has 2 aromatic rings. The van der Waals surface area contributed by atoms with Crippen molar-refractivity contribution < 1.29 is 14.3 Å². The zero-order valence-corrected chi connectivity index (χ0v) is 12.6. The van der Waals surface area contributed by atoms with E-state index in [9.17, 15) is 9.59 Å². The second-order valence-electron chi connectivity index (χ2n) is 4.64. The van der Waals surface area contributed by atoms with E-state index in [1.807, 2.05) is 0 Å². The molecule has 0 radical (unpaired) electrons. The summed E-state index contributed by atoms with van der Waals surface area (Å²) < 4.78 is 6.08. The minimum absolute atomic E-state index is 0.0152. The summed E-state index contributed by atoms with van der Waals surface area (Å²) in [7, 11) is 0. The van der Waals surface area contributed by atoms with Gasteiger partial charge in [0.1, 0.15) is 4.88 Å². The van der Waals surface area contributed by atoms with Crippen LogP contribution in [0.25, 0.3) is 10.1 Å². The van der Waals surface area contributed by atoms with Gasteiger partial charge < -0.3 is 4.74 Å². The zero-order chi connectivity index (χ0) is 14.3. The molecule has 20 heavy (non-hydrogen) atoms. The molecule has 3 nitrogen and oxygen atoms in total. The molecule has 0 spiro atoms. The second-order valence-corrected chi connectivity index (χ2v) is 6.50. The van der Waals surface area contributed by atoms with Crippen LogP contribution in [-0.2, 0) is 9.53 Å². The monoisotopic (exact) mass is 328 g/mol. The van der Waals surface area contributed by atoms with Crippen molar-refractivity contribution in [3.05, 3.63) is 33.1 Å². The number of ether oxygens (including phenoxy) is 1. The first-order chi connectivity index (χ1) is 9.56. The number of carbonyl (C=O) groups is 2. The Hall–Kier alpha value is -1.10. The molecule has 104 valence electrons. The van der Waals surface area contributed by atoms with E-state index in [2.05, 4.69) is 0 Å². The number of rotatable bonds is 2. The number of benzene rings is 1. The Labute approximate surface area is 129 Å². The standard InChI is InChI=1S/C14H10Cl2O3S/c15-7-4-5-8-11(6-7)20-13(12(8)16)14(18)19-10-3-1-2-9(10)17/h4-6,10H,1-3H2/t10-/m1/s1. The molecule has 1 heterocycles. The quantitative estimate of drug-likeness (QED) is 0.763. The number of hydrogen-bond acceptors (Lipinski definition) is 4. The van der Waals surface area contributed by atoms with E-state index in [-0.39, 0.29) is 5.78 Å². The lowest BCUT2D eigenvalue weighted by molar-refractivity contribution is -0.124. The molecule has 0 aliphatic heterocycles. The summed E-state index contributed by atoms with van der Waals surface area (Å²) in [6, 6.07) is 5.25. The van der Waals surface area contributed by atoms with Crippen LogP contribution in [0.1, 0.15) is 28.9 Å². The molecule has 0 saturated heterocycles. The Kier molecular flexibility index (Phi) is 3.71. The van der Waals surface area contributed by atoms with Crippen molar-refractivity contribution in [3.8, 4) is 0 Å². The number of halogens is 2. The number of hydrogen-bond donors (Lipinski definition) is 0. The number of Topliss-reactive ketones (excluding diaryl/α,β-unsaturated/α-hetero) is 1. The van der Waals surface area contributed by atoms with E-state index < -0.39 is 12.1 Å². The highest BCUT2D eigenvalue weighted by molar-refractivity contribution is 7.21. The lowest BCUT2D eigenvalue weighted by Gasteiger charge is -2.09. The molecule has 6 heteroatoms. The van der Waals surface area contributed by atoms with Gasteiger partial charge in [0.25, 0.3) is 0 Å². The molecule has 1 atom stereocenters. The number of ketones is 1. The van der Waals surface area contributed by atoms with Crippen LogP contribution < -0.4 is 0 Å². The van der Waals surface area contributed by atoms with E-state index in [0.717, 1.165) is 16.5 Å².